The summed E-state index contributed by atoms with van der Waals surface area (Å²) in [7, 11) is -8.04. The summed E-state index contributed by atoms with van der Waals surface area (Å²) in [5, 5.41) is 3.53. The molecule has 21 heavy (non-hydrogen) atoms. The van der Waals surface area contributed by atoms with Gasteiger partial charge < -0.3 is 10.3 Å². The molecule has 2 N–H and O–H groups in total. The van der Waals surface area contributed by atoms with Crippen LogP contribution in [0.15, 0.2) is 32.5 Å². The van der Waals surface area contributed by atoms with E-state index in [2.05, 4.69) is 9.68 Å². The third-order valence-corrected chi connectivity index (χ3v) is 5.01. The first kappa shape index (κ1) is 15.4. The normalized spacial score (nSPS) is 12.5. The van der Waals surface area contributed by atoms with Crippen LogP contribution in [0.5, 0.6) is 0 Å². The van der Waals surface area contributed by atoms with Crippen molar-refractivity contribution in [2.24, 2.45) is 0 Å². The van der Waals surface area contributed by atoms with E-state index < -0.39 is 35.3 Å². The number of nitrogen functional groups attached to an aromatic ring is 1. The first-order chi connectivity index (χ1) is 9.50. The van der Waals surface area contributed by atoms with Crippen LogP contribution < -0.4 is 5.73 Å². The molecule has 0 fully saturated rings. The predicted molar refractivity (Wildman–Crippen MR) is 72.5 cm³/mol. The van der Waals surface area contributed by atoms with Crippen LogP contribution in [0, 0.1) is 5.82 Å². The van der Waals surface area contributed by atoms with Gasteiger partial charge in [0, 0.05) is 24.1 Å². The lowest BCUT2D eigenvalue weighted by Crippen LogP contribution is -2.10. The Bertz CT molecular complexity index is 916. The van der Waals surface area contributed by atoms with Crippen LogP contribution in [0.3, 0.4) is 0 Å². The lowest BCUT2D eigenvalue weighted by molar-refractivity contribution is 0.439. The molecule has 114 valence electrons. The number of sulfone groups is 2. The fourth-order valence-corrected chi connectivity index (χ4v) is 4.30. The molecule has 2 aromatic rings. The van der Waals surface area contributed by atoms with Crippen LogP contribution in [0.25, 0.3) is 11.3 Å². The molecule has 0 saturated carbocycles. The van der Waals surface area contributed by atoms with Gasteiger partial charge in [-0.05, 0) is 12.1 Å². The number of hydrogen-bond acceptors (Lipinski definition) is 7. The molecule has 0 bridgehead atoms. The standard InChI is InChI=1S/C11H11FN2O5S2/c1-20(15,16)9-4-6(8-5-10(13)19-14-8)3-7(12)11(9)21(2,17)18/h3-5H,13H2,1-2H3. The Morgan fingerprint density at radius 2 is 1.71 bits per heavy atom. The molecule has 1 heterocycles. The van der Waals surface area contributed by atoms with Crippen molar-refractivity contribution in [1.82, 2.24) is 5.16 Å². The van der Waals surface area contributed by atoms with E-state index in [9.17, 15) is 21.2 Å². The molecule has 10 heteroatoms. The van der Waals surface area contributed by atoms with Crippen molar-refractivity contribution >= 4 is 25.6 Å². The molecule has 0 unspecified atom stereocenters. The molecule has 7 nitrogen and oxygen atoms in total. The molecule has 0 saturated heterocycles. The fourth-order valence-electron chi connectivity index (χ4n) is 1.78. The summed E-state index contributed by atoms with van der Waals surface area (Å²) in [6.07, 6.45) is 1.52. The van der Waals surface area contributed by atoms with E-state index in [1.165, 1.54) is 6.07 Å². The first-order valence-corrected chi connectivity index (χ1v) is 9.24. The van der Waals surface area contributed by atoms with Gasteiger partial charge in [0.05, 0.1) is 4.90 Å². The van der Waals surface area contributed by atoms with Gasteiger partial charge >= 0.3 is 0 Å². The van der Waals surface area contributed by atoms with Crippen molar-refractivity contribution < 1.29 is 25.7 Å². The van der Waals surface area contributed by atoms with Crippen LogP contribution in [0.1, 0.15) is 0 Å². The number of nitrogens with two attached hydrogens (primary N) is 1. The quantitative estimate of drug-likeness (QED) is 0.884. The second-order valence-electron chi connectivity index (χ2n) is 4.44. The smallest absolute Gasteiger partial charge is 0.222 e. The summed E-state index contributed by atoms with van der Waals surface area (Å²) in [6.45, 7) is 0. The Morgan fingerprint density at radius 1 is 1.10 bits per heavy atom. The highest BCUT2D eigenvalue weighted by atomic mass is 32.2. The highest BCUT2D eigenvalue weighted by Gasteiger charge is 2.26. The van der Waals surface area contributed by atoms with Gasteiger partial charge in [0.2, 0.25) is 5.88 Å². The molecule has 0 aliphatic carbocycles. The summed E-state index contributed by atoms with van der Waals surface area (Å²) in [6, 6.07) is 3.15. The van der Waals surface area contributed by atoms with Crippen molar-refractivity contribution in [3.8, 4) is 11.3 Å². The summed E-state index contributed by atoms with van der Waals surface area (Å²) < 4.78 is 65.4. The average Bonchev–Trinajstić information content (AvgIpc) is 2.72. The van der Waals surface area contributed by atoms with Crippen LogP contribution >= 0.6 is 0 Å². The third-order valence-electron chi connectivity index (χ3n) is 2.60. The number of nitrogens with zero attached hydrogens (tertiary/aromatic N) is 1. The molecule has 0 aliphatic heterocycles. The minimum absolute atomic E-state index is 0.0424. The van der Waals surface area contributed by atoms with Gasteiger partial charge in [-0.2, -0.15) is 0 Å². The van der Waals surface area contributed by atoms with Gasteiger partial charge in [-0.3, -0.25) is 0 Å². The molecular formula is C11H11FN2O5S2. The predicted octanol–water partition coefficient (Wildman–Crippen LogP) is 0.870. The molecule has 1 aromatic carbocycles. The molecule has 0 spiro atoms. The number of hydrogen-bond donors (Lipinski definition) is 1. The van der Waals surface area contributed by atoms with Gasteiger partial charge in [-0.1, -0.05) is 5.16 Å². The van der Waals surface area contributed by atoms with Crippen LogP contribution in [-0.2, 0) is 19.7 Å². The van der Waals surface area contributed by atoms with E-state index in [0.29, 0.717) is 0 Å². The lowest BCUT2D eigenvalue weighted by atomic mass is 10.1. The third kappa shape index (κ3) is 3.05. The maximum Gasteiger partial charge on any atom is 0.222 e. The van der Waals surface area contributed by atoms with E-state index in [4.69, 9.17) is 5.73 Å². The minimum Gasteiger partial charge on any atom is -0.368 e. The maximum atomic E-state index is 14.1. The van der Waals surface area contributed by atoms with E-state index in [-0.39, 0.29) is 17.1 Å². The van der Waals surface area contributed by atoms with Crippen molar-refractivity contribution in [2.75, 3.05) is 18.2 Å². The summed E-state index contributed by atoms with van der Waals surface area (Å²) >= 11 is 0. The van der Waals surface area contributed by atoms with Crippen molar-refractivity contribution in [3.63, 3.8) is 0 Å². The van der Waals surface area contributed by atoms with Gasteiger partial charge in [-0.15, -0.1) is 0 Å². The Hall–Kier alpha value is -1.94. The second-order valence-corrected chi connectivity index (χ2v) is 8.38. The van der Waals surface area contributed by atoms with E-state index in [1.54, 1.807) is 0 Å². The Balaban J connectivity index is 2.85. The van der Waals surface area contributed by atoms with Crippen molar-refractivity contribution in [2.45, 2.75) is 9.79 Å². The topological polar surface area (TPSA) is 120 Å². The highest BCUT2D eigenvalue weighted by Crippen LogP contribution is 2.30. The molecule has 0 amide bonds. The largest absolute Gasteiger partial charge is 0.368 e. The van der Waals surface area contributed by atoms with E-state index in [1.807, 2.05) is 0 Å². The highest BCUT2D eigenvalue weighted by molar-refractivity contribution is 7.93. The number of anilines is 1. The molecule has 0 radical (unpaired) electrons. The fraction of sp³-hybridized carbons (Fsp3) is 0.182. The lowest BCUT2D eigenvalue weighted by Gasteiger charge is -2.09. The number of rotatable bonds is 3. The Morgan fingerprint density at radius 3 is 2.14 bits per heavy atom. The average molecular weight is 334 g/mol. The van der Waals surface area contributed by atoms with Gasteiger partial charge in [0.1, 0.15) is 16.4 Å². The zero-order chi connectivity index (χ0) is 16.0. The number of aromatic nitrogens is 1. The number of halogens is 1. The van der Waals surface area contributed by atoms with Gasteiger partial charge in [0.15, 0.2) is 19.7 Å². The zero-order valence-electron chi connectivity index (χ0n) is 11.0. The van der Waals surface area contributed by atoms with Crippen molar-refractivity contribution in [1.29, 1.82) is 0 Å². The van der Waals surface area contributed by atoms with Crippen LogP contribution in [0.4, 0.5) is 10.3 Å². The Kier molecular flexibility index (Phi) is 3.54. The maximum absolute atomic E-state index is 14.1. The number of benzene rings is 1. The SMILES string of the molecule is CS(=O)(=O)c1cc(-c2cc(N)on2)cc(F)c1S(C)(=O)=O. The summed E-state index contributed by atoms with van der Waals surface area (Å²) in [5.74, 6) is -1.23. The first-order valence-electron chi connectivity index (χ1n) is 5.46. The molecule has 0 atom stereocenters. The molecule has 1 aromatic heterocycles. The van der Waals surface area contributed by atoms with Gasteiger partial charge in [-0.25, -0.2) is 21.2 Å². The zero-order valence-corrected chi connectivity index (χ0v) is 12.6. The van der Waals surface area contributed by atoms with E-state index >= 15 is 0 Å². The Labute approximate surface area is 120 Å². The van der Waals surface area contributed by atoms with Crippen LogP contribution in [0.2, 0.25) is 0 Å². The van der Waals surface area contributed by atoms with Crippen molar-refractivity contribution in [3.05, 3.63) is 24.0 Å². The van der Waals surface area contributed by atoms with Gasteiger partial charge in [0.25, 0.3) is 0 Å². The summed E-state index contributed by atoms with van der Waals surface area (Å²) in [4.78, 5) is -1.51. The summed E-state index contributed by atoms with van der Waals surface area (Å²) in [5.41, 5.74) is 5.48. The van der Waals surface area contributed by atoms with Crippen LogP contribution in [-0.4, -0.2) is 34.5 Å². The molecule has 2 rings (SSSR count). The molecular weight excluding hydrogens is 323 g/mol. The molecule has 0 aliphatic rings. The monoisotopic (exact) mass is 334 g/mol. The second kappa shape index (κ2) is 4.81. The minimum atomic E-state index is -4.06. The van der Waals surface area contributed by atoms with E-state index in [0.717, 1.165) is 24.6 Å².